The van der Waals surface area contributed by atoms with Crippen molar-refractivity contribution in [1.82, 2.24) is 21.3 Å². The van der Waals surface area contributed by atoms with Crippen LogP contribution in [0.3, 0.4) is 0 Å². The van der Waals surface area contributed by atoms with Gasteiger partial charge < -0.3 is 39.3 Å². The second-order valence-electron chi connectivity index (χ2n) is 10.5. The number of alkyl carbamates (subject to hydrolysis) is 1. The Kier molecular flexibility index (Phi) is 53.8. The zero-order valence-corrected chi connectivity index (χ0v) is 31.4. The van der Waals surface area contributed by atoms with Crippen molar-refractivity contribution in [2.75, 3.05) is 19.7 Å². The van der Waals surface area contributed by atoms with Gasteiger partial charge in [0.1, 0.15) is 6.54 Å². The molecule has 3 atom stereocenters. The van der Waals surface area contributed by atoms with Crippen molar-refractivity contribution in [3.8, 4) is 0 Å². The maximum Gasteiger partial charge on any atom is 0.407 e. The number of nitrogens with one attached hydrogen (secondary N) is 4. The number of hydrogen-bond acceptors (Lipinski definition) is 5. The first kappa shape index (κ1) is 56.6. The van der Waals surface area contributed by atoms with Crippen LogP contribution in [0.1, 0.15) is 124 Å². The molecule has 3 unspecified atom stereocenters. The largest absolute Gasteiger partial charge is 0.449 e. The molecule has 0 saturated heterocycles. The van der Waals surface area contributed by atoms with E-state index in [0.717, 1.165) is 12.8 Å². The van der Waals surface area contributed by atoms with E-state index in [9.17, 15) is 19.2 Å². The van der Waals surface area contributed by atoms with Gasteiger partial charge in [0.25, 0.3) is 0 Å². The van der Waals surface area contributed by atoms with Gasteiger partial charge in [-0.3, -0.25) is 14.4 Å². The first-order valence-electron chi connectivity index (χ1n) is 14.4. The number of carbonyl (C=O) groups is 4. The minimum atomic E-state index is -0.542. The minimum absolute atomic E-state index is 0. The number of amides is 4. The molecule has 0 aliphatic carbocycles. The van der Waals surface area contributed by atoms with Crippen molar-refractivity contribution in [2.24, 2.45) is 17.8 Å². The normalized spacial score (nSPS) is 11.2. The minimum Gasteiger partial charge on any atom is -0.449 e. The predicted octanol–water partition coefficient (Wildman–Crippen LogP) is 6.72. The SMILES string of the molecule is C.C.CCC(C)CC(=O)NCC(=O)NC(C)C.CCC(C)COC(=O)NCC(=O)NC(C)C.C[CH-]C.[CH2-]C(C)CC.[La]. The second kappa shape index (κ2) is 39.9. The number of rotatable bonds is 13. The fourth-order valence-corrected chi connectivity index (χ4v) is 2.00. The van der Waals surface area contributed by atoms with E-state index in [1.54, 1.807) is 0 Å². The van der Waals surface area contributed by atoms with Crippen molar-refractivity contribution in [3.05, 3.63) is 13.3 Å². The smallest absolute Gasteiger partial charge is 0.407 e. The van der Waals surface area contributed by atoms with Crippen LogP contribution < -0.4 is 21.3 Å². The molecule has 1 radical (unpaired) electrons. The summed E-state index contributed by atoms with van der Waals surface area (Å²) >= 11 is 0. The molecular formula is C32H70LaN4O5-2. The van der Waals surface area contributed by atoms with Crippen LogP contribution in [-0.4, -0.2) is 55.6 Å². The van der Waals surface area contributed by atoms with Crippen molar-refractivity contribution in [3.63, 3.8) is 0 Å². The van der Waals surface area contributed by atoms with Crippen LogP contribution in [-0.2, 0) is 19.1 Å². The molecule has 0 saturated carbocycles. The third-order valence-corrected chi connectivity index (χ3v) is 4.86. The molecule has 0 aromatic heterocycles. The van der Waals surface area contributed by atoms with Gasteiger partial charge in [0.2, 0.25) is 17.7 Å². The third kappa shape index (κ3) is 54.9. The first-order valence-corrected chi connectivity index (χ1v) is 14.4. The van der Waals surface area contributed by atoms with Crippen LogP contribution in [0.15, 0.2) is 0 Å². The molecule has 0 aromatic rings. The molecule has 4 amide bonds. The summed E-state index contributed by atoms with van der Waals surface area (Å²) in [5.41, 5.74) is 0. The van der Waals surface area contributed by atoms with Crippen LogP contribution in [0.4, 0.5) is 4.79 Å². The Morgan fingerprint density at radius 1 is 0.690 bits per heavy atom. The Morgan fingerprint density at radius 2 is 1.05 bits per heavy atom. The molecule has 4 N–H and O–H groups in total. The summed E-state index contributed by atoms with van der Waals surface area (Å²) in [7, 11) is 0. The Labute approximate surface area is 289 Å². The molecule has 0 fully saturated rings. The van der Waals surface area contributed by atoms with Crippen LogP contribution in [0.2, 0.25) is 0 Å². The topological polar surface area (TPSA) is 126 Å². The van der Waals surface area contributed by atoms with E-state index in [2.05, 4.69) is 42.0 Å². The van der Waals surface area contributed by atoms with Gasteiger partial charge in [0.15, 0.2) is 0 Å². The number of carbonyl (C=O) groups excluding carboxylic acids is 4. The van der Waals surface area contributed by atoms with Crippen LogP contribution in [0, 0.1) is 66.7 Å². The van der Waals surface area contributed by atoms with Gasteiger partial charge >= 0.3 is 6.09 Å². The van der Waals surface area contributed by atoms with E-state index in [-0.39, 0.29) is 93.3 Å². The molecular weight excluding hydrogens is 659 g/mol. The van der Waals surface area contributed by atoms with Crippen molar-refractivity contribution >= 4 is 23.8 Å². The van der Waals surface area contributed by atoms with Gasteiger partial charge in [-0.15, -0.1) is 0 Å². The average Bonchev–Trinajstić information content (AvgIpc) is 2.85. The summed E-state index contributed by atoms with van der Waals surface area (Å²) in [5.74, 6) is 0.949. The van der Waals surface area contributed by atoms with E-state index in [0.29, 0.717) is 30.8 Å². The predicted molar refractivity (Wildman–Crippen MR) is 176 cm³/mol. The quantitative estimate of drug-likeness (QED) is 0.157. The van der Waals surface area contributed by atoms with E-state index >= 15 is 0 Å². The van der Waals surface area contributed by atoms with Gasteiger partial charge in [-0.1, -0.05) is 75.7 Å². The Morgan fingerprint density at radius 3 is 1.36 bits per heavy atom. The molecule has 0 bridgehead atoms. The molecule has 0 spiro atoms. The standard InChI is InChI=1S/C11H22N2O3.C11H22N2O2.C5H11.C3H7.2CH4.La/c1-5-9(4)7-16-11(15)12-6-10(14)13-8(2)3;1-5-9(4)6-10(14)12-7-11(15)13-8(2)3;1-4-5(2)3;1-3-2;;;/h8-9H,5-7H2,1-4H3,(H,12,15)(H,13,14);8-9H,5-7H2,1-4H3,(H,12,14)(H,13,15);5H,2,4H2,1,3H3;3H,1-2H3;2*1H4;/q;;2*-1;;;. The molecule has 0 rings (SSSR count). The fraction of sp³-hybridized carbons (Fsp3) is 0.812. The van der Waals surface area contributed by atoms with Crippen molar-refractivity contribution < 1.29 is 59.5 Å². The van der Waals surface area contributed by atoms with Crippen molar-refractivity contribution in [2.45, 2.75) is 136 Å². The summed E-state index contributed by atoms with van der Waals surface area (Å²) < 4.78 is 4.92. The van der Waals surface area contributed by atoms with E-state index in [4.69, 9.17) is 4.74 Å². The van der Waals surface area contributed by atoms with E-state index in [1.807, 2.05) is 75.7 Å². The van der Waals surface area contributed by atoms with Crippen LogP contribution >= 0.6 is 0 Å². The molecule has 253 valence electrons. The third-order valence-electron chi connectivity index (χ3n) is 4.86. The zero-order chi connectivity index (χ0) is 31.4. The van der Waals surface area contributed by atoms with E-state index in [1.165, 1.54) is 6.42 Å². The first-order chi connectivity index (χ1) is 18.1. The molecule has 0 aliphatic rings. The van der Waals surface area contributed by atoms with Gasteiger partial charge in [-0.25, -0.2) is 4.79 Å². The Hall–Kier alpha value is -1.13. The Bertz CT molecular complexity index is 618. The zero-order valence-electron chi connectivity index (χ0n) is 27.7. The summed E-state index contributed by atoms with van der Waals surface area (Å²) in [6, 6.07) is 0.189. The molecule has 0 aromatic carbocycles. The van der Waals surface area contributed by atoms with Gasteiger partial charge in [-0.05, 0) is 39.5 Å². The van der Waals surface area contributed by atoms with Crippen molar-refractivity contribution in [1.29, 1.82) is 0 Å². The number of ether oxygens (including phenoxy) is 1. The Balaban J connectivity index is -0.0000000878. The van der Waals surface area contributed by atoms with Gasteiger partial charge in [0.05, 0.1) is 13.2 Å². The molecule has 9 nitrogen and oxygen atoms in total. The fourth-order valence-electron chi connectivity index (χ4n) is 2.00. The van der Waals surface area contributed by atoms with E-state index < -0.39 is 6.09 Å². The maximum atomic E-state index is 11.3. The van der Waals surface area contributed by atoms with Gasteiger partial charge in [0, 0.05) is 54.1 Å². The summed E-state index contributed by atoms with van der Waals surface area (Å²) in [6.45, 7) is 28.0. The molecule has 42 heavy (non-hydrogen) atoms. The second-order valence-corrected chi connectivity index (χ2v) is 10.5. The van der Waals surface area contributed by atoms with Gasteiger partial charge in [-0.2, -0.15) is 19.8 Å². The average molecular weight is 730 g/mol. The van der Waals surface area contributed by atoms with Crippen LogP contribution in [0.25, 0.3) is 0 Å². The van der Waals surface area contributed by atoms with Crippen LogP contribution in [0.5, 0.6) is 0 Å². The molecule has 0 aliphatic heterocycles. The molecule has 10 heteroatoms. The summed E-state index contributed by atoms with van der Waals surface area (Å²) in [4.78, 5) is 44.8. The summed E-state index contributed by atoms with van der Waals surface area (Å²) in [5, 5.41) is 10.4. The number of hydrogen-bond donors (Lipinski definition) is 4. The monoisotopic (exact) mass is 729 g/mol. The summed E-state index contributed by atoms with van der Waals surface area (Å²) in [6.07, 6.45) is 5.08. The maximum absolute atomic E-state index is 11.3. The molecule has 0 heterocycles.